The van der Waals surface area contributed by atoms with Gasteiger partial charge in [0.05, 0.1) is 11.1 Å². The Kier molecular flexibility index (Phi) is 16.8. The van der Waals surface area contributed by atoms with Crippen molar-refractivity contribution in [2.75, 3.05) is 13.2 Å². The van der Waals surface area contributed by atoms with Gasteiger partial charge in [0.25, 0.3) is 0 Å². The van der Waals surface area contributed by atoms with E-state index < -0.39 is 24.0 Å². The number of hydrogen-bond donors (Lipinski definition) is 2. The molecule has 0 aliphatic rings. The SMILES string of the molecule is CCCC[C@@H](CC(N)COC(=O)C(=O)OCC(N)C[C@H](CCCC)Sc1nc(C)ccc1C#N)Sc1nc(C)ccc1C#N. The van der Waals surface area contributed by atoms with Crippen LogP contribution in [0, 0.1) is 36.5 Å². The first kappa shape index (κ1) is 37.0. The second-order valence-corrected chi connectivity index (χ2v) is 13.4. The number of nitrogens with two attached hydrogens (primary N) is 2. The molecule has 4 N–H and O–H groups in total. The highest BCUT2D eigenvalue weighted by atomic mass is 32.2. The zero-order valence-corrected chi connectivity index (χ0v) is 27.7. The Labute approximate surface area is 269 Å². The van der Waals surface area contributed by atoms with Crippen LogP contribution in [0.5, 0.6) is 0 Å². The van der Waals surface area contributed by atoms with Crippen molar-refractivity contribution in [3.8, 4) is 12.1 Å². The first-order valence-corrected chi connectivity index (χ1v) is 16.8. The summed E-state index contributed by atoms with van der Waals surface area (Å²) in [5.41, 5.74) is 15.2. The van der Waals surface area contributed by atoms with E-state index >= 15 is 0 Å². The Morgan fingerprint density at radius 3 is 1.50 bits per heavy atom. The molecule has 2 heterocycles. The van der Waals surface area contributed by atoms with Gasteiger partial charge in [-0.1, -0.05) is 39.5 Å². The summed E-state index contributed by atoms with van der Waals surface area (Å²) in [6, 6.07) is 10.5. The summed E-state index contributed by atoms with van der Waals surface area (Å²) in [7, 11) is 0. The van der Waals surface area contributed by atoms with Crippen LogP contribution in [-0.2, 0) is 19.1 Å². The van der Waals surface area contributed by atoms with Gasteiger partial charge in [-0.2, -0.15) is 10.5 Å². The molecule has 2 rings (SSSR count). The third-order valence-corrected chi connectivity index (χ3v) is 9.30. The zero-order valence-electron chi connectivity index (χ0n) is 26.1. The van der Waals surface area contributed by atoms with Crippen molar-refractivity contribution < 1.29 is 19.1 Å². The van der Waals surface area contributed by atoms with Crippen LogP contribution in [0.1, 0.15) is 87.7 Å². The molecule has 0 saturated carbocycles. The smallest absolute Gasteiger partial charge is 0.417 e. The van der Waals surface area contributed by atoms with Crippen LogP contribution in [-0.4, -0.2) is 57.7 Å². The molecule has 2 aromatic heterocycles. The van der Waals surface area contributed by atoms with E-state index in [0.29, 0.717) is 34.0 Å². The van der Waals surface area contributed by atoms with E-state index in [-0.39, 0.29) is 23.7 Å². The fourth-order valence-electron chi connectivity index (χ4n) is 4.34. The summed E-state index contributed by atoms with van der Waals surface area (Å²) in [6.07, 6.45) is 6.70. The van der Waals surface area contributed by atoms with Gasteiger partial charge in [0.15, 0.2) is 0 Å². The Bertz CT molecular complexity index is 1210. The average molecular weight is 641 g/mol. The van der Waals surface area contributed by atoms with Crippen LogP contribution in [0.4, 0.5) is 0 Å². The van der Waals surface area contributed by atoms with Gasteiger partial charge in [-0.25, -0.2) is 19.6 Å². The van der Waals surface area contributed by atoms with Gasteiger partial charge in [-0.05, 0) is 63.8 Å². The molecule has 0 saturated heterocycles. The van der Waals surface area contributed by atoms with Gasteiger partial charge < -0.3 is 20.9 Å². The highest BCUT2D eigenvalue weighted by Crippen LogP contribution is 2.32. The van der Waals surface area contributed by atoms with E-state index in [1.807, 2.05) is 13.8 Å². The van der Waals surface area contributed by atoms with Crippen molar-refractivity contribution in [2.24, 2.45) is 11.5 Å². The van der Waals surface area contributed by atoms with Crippen molar-refractivity contribution in [3.63, 3.8) is 0 Å². The maximum Gasteiger partial charge on any atom is 0.417 e. The number of pyridine rings is 2. The number of aromatic nitrogens is 2. The van der Waals surface area contributed by atoms with Gasteiger partial charge >= 0.3 is 11.9 Å². The molecule has 0 aromatic carbocycles. The minimum absolute atomic E-state index is 0.0627. The highest BCUT2D eigenvalue weighted by Gasteiger charge is 2.24. The van der Waals surface area contributed by atoms with E-state index in [2.05, 4.69) is 36.0 Å². The van der Waals surface area contributed by atoms with Crippen molar-refractivity contribution in [2.45, 2.75) is 112 Å². The summed E-state index contributed by atoms with van der Waals surface area (Å²) < 4.78 is 10.3. The summed E-state index contributed by atoms with van der Waals surface area (Å²) in [5, 5.41) is 20.4. The van der Waals surface area contributed by atoms with Gasteiger partial charge in [0.2, 0.25) is 0 Å². The summed E-state index contributed by atoms with van der Waals surface area (Å²) in [4.78, 5) is 33.7. The number of ether oxygens (including phenoxy) is 2. The maximum absolute atomic E-state index is 12.3. The number of unbranched alkanes of at least 4 members (excludes halogenated alkanes) is 2. The quantitative estimate of drug-likeness (QED) is 0.121. The number of thioether (sulfide) groups is 2. The molecular formula is C32H44N6O4S2. The molecule has 2 unspecified atom stereocenters. The predicted octanol–water partition coefficient (Wildman–Crippen LogP) is 5.36. The molecule has 44 heavy (non-hydrogen) atoms. The fourth-order valence-corrected chi connectivity index (χ4v) is 7.10. The lowest BCUT2D eigenvalue weighted by Crippen LogP contribution is -2.35. The van der Waals surface area contributed by atoms with Crippen LogP contribution in [0.25, 0.3) is 0 Å². The molecule has 12 heteroatoms. The number of esters is 2. The molecule has 238 valence electrons. The predicted molar refractivity (Wildman–Crippen MR) is 173 cm³/mol. The molecule has 0 aliphatic heterocycles. The van der Waals surface area contributed by atoms with Gasteiger partial charge in [0, 0.05) is 34.0 Å². The molecule has 0 spiro atoms. The van der Waals surface area contributed by atoms with Crippen LogP contribution >= 0.6 is 23.5 Å². The van der Waals surface area contributed by atoms with Crippen molar-refractivity contribution >= 4 is 35.5 Å². The summed E-state index contributed by atoms with van der Waals surface area (Å²) in [6.45, 7) is 7.67. The van der Waals surface area contributed by atoms with Crippen molar-refractivity contribution in [3.05, 3.63) is 46.8 Å². The van der Waals surface area contributed by atoms with Crippen LogP contribution in [0.15, 0.2) is 34.3 Å². The first-order valence-electron chi connectivity index (χ1n) is 15.0. The third kappa shape index (κ3) is 13.2. The highest BCUT2D eigenvalue weighted by molar-refractivity contribution is 8.00. The monoisotopic (exact) mass is 640 g/mol. The second-order valence-electron chi connectivity index (χ2n) is 10.8. The molecule has 2 aromatic rings. The number of carbonyl (C=O) groups excluding carboxylic acids is 2. The van der Waals surface area contributed by atoms with Crippen molar-refractivity contribution in [1.29, 1.82) is 10.5 Å². The molecule has 0 radical (unpaired) electrons. The number of nitriles is 2. The lowest BCUT2D eigenvalue weighted by Gasteiger charge is -2.21. The Balaban J connectivity index is 1.87. The number of aryl methyl sites for hydroxylation is 2. The van der Waals surface area contributed by atoms with Crippen molar-refractivity contribution in [1.82, 2.24) is 9.97 Å². The molecule has 0 bridgehead atoms. The molecular weight excluding hydrogens is 597 g/mol. The maximum atomic E-state index is 12.3. The lowest BCUT2D eigenvalue weighted by molar-refractivity contribution is -0.168. The normalized spacial score (nSPS) is 13.6. The zero-order chi connectivity index (χ0) is 32.5. The largest absolute Gasteiger partial charge is 0.456 e. The second kappa shape index (κ2) is 20.0. The molecule has 4 atom stereocenters. The standard InChI is InChI=1S/C32H44N6O4S2/c1-5-7-9-27(43-29-23(17-33)13-11-21(3)37-29)15-25(35)19-41-31(39)32(40)42-20-26(36)16-28(10-8-6-2)44-30-24(18-34)14-12-22(4)38-30/h11-14,25-28H,5-10,15-16,19-20,35-36H2,1-4H3/t25?,26?,27-,28-/m0/s1. The minimum atomic E-state index is -1.11. The Morgan fingerprint density at radius 2 is 1.16 bits per heavy atom. The number of rotatable bonds is 18. The lowest BCUT2D eigenvalue weighted by atomic mass is 10.1. The molecule has 0 amide bonds. The van der Waals surface area contributed by atoms with Crippen LogP contribution in [0.3, 0.4) is 0 Å². The first-order chi connectivity index (χ1) is 21.1. The minimum Gasteiger partial charge on any atom is -0.456 e. The average Bonchev–Trinajstić information content (AvgIpc) is 3.00. The van der Waals surface area contributed by atoms with E-state index in [9.17, 15) is 20.1 Å². The number of carbonyl (C=O) groups is 2. The van der Waals surface area contributed by atoms with Crippen LogP contribution in [0.2, 0.25) is 0 Å². The third-order valence-electron chi connectivity index (χ3n) is 6.71. The van der Waals surface area contributed by atoms with Crippen LogP contribution < -0.4 is 11.5 Å². The number of nitrogens with zero attached hydrogens (tertiary/aromatic N) is 4. The summed E-state index contributed by atoms with van der Waals surface area (Å²) >= 11 is 3.01. The van der Waals surface area contributed by atoms with E-state index in [4.69, 9.17) is 20.9 Å². The van der Waals surface area contributed by atoms with E-state index in [1.54, 1.807) is 24.3 Å². The Hall–Kier alpha value is -3.16. The topological polar surface area (TPSA) is 178 Å². The molecule has 0 aliphatic carbocycles. The van der Waals surface area contributed by atoms with Gasteiger partial charge in [-0.3, -0.25) is 0 Å². The fraction of sp³-hybridized carbons (Fsp3) is 0.562. The van der Waals surface area contributed by atoms with Gasteiger partial charge in [-0.15, -0.1) is 23.5 Å². The molecule has 0 fully saturated rings. The van der Waals surface area contributed by atoms with Gasteiger partial charge in [0.1, 0.15) is 35.4 Å². The van der Waals surface area contributed by atoms with E-state index in [1.165, 1.54) is 23.5 Å². The Morgan fingerprint density at radius 1 is 0.773 bits per heavy atom. The van der Waals surface area contributed by atoms with E-state index in [0.717, 1.165) is 49.9 Å². The number of hydrogen-bond acceptors (Lipinski definition) is 12. The molecule has 10 nitrogen and oxygen atoms in total. The summed E-state index contributed by atoms with van der Waals surface area (Å²) in [5.74, 6) is -2.23.